The SMILES string of the molecule is CC(C)(C)OC(=O)N1CCC2(C1)Oc1ccccc1C2C=O. The molecule has 0 aromatic heterocycles. The maximum absolute atomic E-state index is 12.2. The number of hydrogen-bond acceptors (Lipinski definition) is 4. The molecule has 0 aliphatic carbocycles. The fourth-order valence-electron chi connectivity index (χ4n) is 3.22. The van der Waals surface area contributed by atoms with Gasteiger partial charge in [0.05, 0.1) is 12.5 Å². The smallest absolute Gasteiger partial charge is 0.410 e. The van der Waals surface area contributed by atoms with Crippen molar-refractivity contribution >= 4 is 12.4 Å². The summed E-state index contributed by atoms with van der Waals surface area (Å²) in [6, 6.07) is 7.58. The van der Waals surface area contributed by atoms with E-state index in [2.05, 4.69) is 0 Å². The summed E-state index contributed by atoms with van der Waals surface area (Å²) in [6.45, 7) is 6.43. The van der Waals surface area contributed by atoms with Gasteiger partial charge in [-0.25, -0.2) is 4.79 Å². The highest BCUT2D eigenvalue weighted by atomic mass is 16.6. The van der Waals surface area contributed by atoms with Gasteiger partial charge < -0.3 is 19.2 Å². The normalized spacial score (nSPS) is 26.7. The molecule has 0 N–H and O–H groups in total. The number of amides is 1. The molecule has 1 spiro atoms. The second-order valence-corrected chi connectivity index (χ2v) is 6.97. The van der Waals surface area contributed by atoms with Crippen LogP contribution >= 0.6 is 0 Å². The van der Waals surface area contributed by atoms with Gasteiger partial charge in [0.15, 0.2) is 0 Å². The molecule has 5 nitrogen and oxygen atoms in total. The zero-order valence-electron chi connectivity index (χ0n) is 13.2. The van der Waals surface area contributed by atoms with Crippen molar-refractivity contribution in [3.63, 3.8) is 0 Å². The van der Waals surface area contributed by atoms with E-state index in [1.165, 1.54) is 0 Å². The van der Waals surface area contributed by atoms with E-state index in [0.29, 0.717) is 19.5 Å². The summed E-state index contributed by atoms with van der Waals surface area (Å²) in [5.74, 6) is 0.404. The summed E-state index contributed by atoms with van der Waals surface area (Å²) in [4.78, 5) is 25.5. The van der Waals surface area contributed by atoms with Gasteiger partial charge in [-0.2, -0.15) is 0 Å². The largest absolute Gasteiger partial charge is 0.484 e. The molecule has 1 fully saturated rings. The van der Waals surface area contributed by atoms with Crippen LogP contribution < -0.4 is 4.74 Å². The molecular weight excluding hydrogens is 282 g/mol. The lowest BCUT2D eigenvalue weighted by atomic mass is 9.84. The number of aldehydes is 1. The molecule has 0 radical (unpaired) electrons. The van der Waals surface area contributed by atoms with Crippen LogP contribution in [0.3, 0.4) is 0 Å². The molecule has 2 heterocycles. The van der Waals surface area contributed by atoms with Gasteiger partial charge in [-0.3, -0.25) is 0 Å². The van der Waals surface area contributed by atoms with Gasteiger partial charge in [-0.15, -0.1) is 0 Å². The molecule has 1 saturated heterocycles. The fourth-order valence-corrected chi connectivity index (χ4v) is 3.22. The predicted octanol–water partition coefficient (Wildman–Crippen LogP) is 2.74. The Kier molecular flexibility index (Phi) is 3.38. The van der Waals surface area contributed by atoms with E-state index in [9.17, 15) is 9.59 Å². The molecular formula is C17H21NO4. The molecule has 2 aliphatic rings. The van der Waals surface area contributed by atoms with E-state index < -0.39 is 11.2 Å². The third-order valence-corrected chi connectivity index (χ3v) is 4.19. The quantitative estimate of drug-likeness (QED) is 0.749. The summed E-state index contributed by atoms with van der Waals surface area (Å²) in [5.41, 5.74) is -0.276. The highest BCUT2D eigenvalue weighted by Gasteiger charge is 2.53. The van der Waals surface area contributed by atoms with Crippen LogP contribution in [0, 0.1) is 0 Å². The average molecular weight is 303 g/mol. The van der Waals surface area contributed by atoms with Crippen LogP contribution in [0.2, 0.25) is 0 Å². The van der Waals surface area contributed by atoms with Crippen molar-refractivity contribution in [2.45, 2.75) is 44.3 Å². The van der Waals surface area contributed by atoms with Gasteiger partial charge in [0, 0.05) is 18.5 Å². The number of ether oxygens (including phenoxy) is 2. The Morgan fingerprint density at radius 1 is 1.41 bits per heavy atom. The summed E-state index contributed by atoms with van der Waals surface area (Å²) < 4.78 is 11.5. The van der Waals surface area contributed by atoms with Crippen LogP contribution in [-0.4, -0.2) is 41.6 Å². The van der Waals surface area contributed by atoms with Crippen molar-refractivity contribution in [1.82, 2.24) is 4.90 Å². The van der Waals surface area contributed by atoms with Crippen LogP contribution in [-0.2, 0) is 9.53 Å². The average Bonchev–Trinajstić information content (AvgIpc) is 2.98. The summed E-state index contributed by atoms with van der Waals surface area (Å²) in [5, 5.41) is 0. The molecule has 2 aliphatic heterocycles. The number of nitrogens with zero attached hydrogens (tertiary/aromatic N) is 1. The first kappa shape index (κ1) is 14.9. The molecule has 0 saturated carbocycles. The predicted molar refractivity (Wildman–Crippen MR) is 81.0 cm³/mol. The number of benzene rings is 1. The van der Waals surface area contributed by atoms with Gasteiger partial charge in [0.2, 0.25) is 0 Å². The Morgan fingerprint density at radius 2 is 2.14 bits per heavy atom. The number of rotatable bonds is 1. The maximum atomic E-state index is 12.2. The van der Waals surface area contributed by atoms with Crippen molar-refractivity contribution in [2.75, 3.05) is 13.1 Å². The Balaban J connectivity index is 1.80. The zero-order chi connectivity index (χ0) is 16.0. The Labute approximate surface area is 130 Å². The topological polar surface area (TPSA) is 55.8 Å². The summed E-state index contributed by atoms with van der Waals surface area (Å²) in [6.07, 6.45) is 1.21. The Morgan fingerprint density at radius 3 is 2.82 bits per heavy atom. The molecule has 2 unspecified atom stereocenters. The van der Waals surface area contributed by atoms with E-state index in [0.717, 1.165) is 17.6 Å². The first-order valence-corrected chi connectivity index (χ1v) is 7.56. The fraction of sp³-hybridized carbons (Fsp3) is 0.529. The van der Waals surface area contributed by atoms with Crippen LogP contribution in [0.1, 0.15) is 38.7 Å². The highest BCUT2D eigenvalue weighted by molar-refractivity contribution is 5.72. The molecule has 2 atom stereocenters. The minimum absolute atomic E-state index is 0.337. The van der Waals surface area contributed by atoms with Crippen molar-refractivity contribution < 1.29 is 19.1 Å². The summed E-state index contributed by atoms with van der Waals surface area (Å²) in [7, 11) is 0. The number of para-hydroxylation sites is 1. The Bertz CT molecular complexity index is 607. The molecule has 118 valence electrons. The number of likely N-dealkylation sites (tertiary alicyclic amines) is 1. The molecule has 5 heteroatoms. The number of carbonyl (C=O) groups is 2. The lowest BCUT2D eigenvalue weighted by molar-refractivity contribution is -0.112. The van der Waals surface area contributed by atoms with Gasteiger partial charge in [-0.1, -0.05) is 18.2 Å². The molecule has 1 amide bonds. The monoisotopic (exact) mass is 303 g/mol. The third-order valence-electron chi connectivity index (χ3n) is 4.19. The first-order valence-electron chi connectivity index (χ1n) is 7.56. The van der Waals surface area contributed by atoms with Gasteiger partial charge >= 0.3 is 6.09 Å². The lowest BCUT2D eigenvalue weighted by Gasteiger charge is -2.28. The molecule has 3 rings (SSSR count). The van der Waals surface area contributed by atoms with E-state index in [1.807, 2.05) is 45.0 Å². The second-order valence-electron chi connectivity index (χ2n) is 6.97. The van der Waals surface area contributed by atoms with Crippen molar-refractivity contribution in [2.24, 2.45) is 0 Å². The molecule has 1 aromatic rings. The second kappa shape index (κ2) is 5.00. The highest BCUT2D eigenvalue weighted by Crippen LogP contribution is 2.48. The number of hydrogen-bond donors (Lipinski definition) is 0. The Hall–Kier alpha value is -2.04. The van der Waals surface area contributed by atoms with Crippen LogP contribution in [0.25, 0.3) is 0 Å². The molecule has 1 aromatic carbocycles. The van der Waals surface area contributed by atoms with Gasteiger partial charge in [0.1, 0.15) is 23.2 Å². The van der Waals surface area contributed by atoms with Crippen LogP contribution in [0.15, 0.2) is 24.3 Å². The zero-order valence-corrected chi connectivity index (χ0v) is 13.2. The van der Waals surface area contributed by atoms with Crippen LogP contribution in [0.4, 0.5) is 4.79 Å². The number of carbonyl (C=O) groups excluding carboxylic acids is 2. The molecule has 22 heavy (non-hydrogen) atoms. The van der Waals surface area contributed by atoms with E-state index in [4.69, 9.17) is 9.47 Å². The van der Waals surface area contributed by atoms with E-state index in [-0.39, 0.29) is 12.0 Å². The summed E-state index contributed by atoms with van der Waals surface area (Å²) >= 11 is 0. The van der Waals surface area contributed by atoms with Crippen molar-refractivity contribution in [1.29, 1.82) is 0 Å². The number of fused-ring (bicyclic) bond motifs is 1. The maximum Gasteiger partial charge on any atom is 0.410 e. The van der Waals surface area contributed by atoms with E-state index >= 15 is 0 Å². The van der Waals surface area contributed by atoms with Crippen LogP contribution in [0.5, 0.6) is 5.75 Å². The molecule has 0 bridgehead atoms. The van der Waals surface area contributed by atoms with Gasteiger partial charge in [0.25, 0.3) is 0 Å². The van der Waals surface area contributed by atoms with E-state index in [1.54, 1.807) is 4.90 Å². The van der Waals surface area contributed by atoms with Crippen molar-refractivity contribution in [3.05, 3.63) is 29.8 Å². The van der Waals surface area contributed by atoms with Crippen molar-refractivity contribution in [3.8, 4) is 5.75 Å². The lowest BCUT2D eigenvalue weighted by Crippen LogP contribution is -2.44. The van der Waals surface area contributed by atoms with Gasteiger partial charge in [-0.05, 0) is 26.8 Å². The standard InChI is InChI=1S/C17H21NO4/c1-16(2,3)22-15(20)18-9-8-17(11-18)13(10-19)12-6-4-5-7-14(12)21-17/h4-7,10,13H,8-9,11H2,1-3H3. The first-order chi connectivity index (χ1) is 10.3. The third kappa shape index (κ3) is 2.45. The minimum atomic E-state index is -0.650. The minimum Gasteiger partial charge on any atom is -0.484 e.